The predicted molar refractivity (Wildman–Crippen MR) is 58.7 cm³/mol. The molecule has 2 atom stereocenters. The Hall–Kier alpha value is -0.120. The van der Waals surface area contributed by atoms with Gasteiger partial charge in [0, 0.05) is 5.25 Å². The van der Waals surface area contributed by atoms with Crippen molar-refractivity contribution < 1.29 is 9.52 Å². The van der Waals surface area contributed by atoms with Gasteiger partial charge >= 0.3 is 0 Å². The molecule has 4 heteroatoms. The maximum atomic E-state index is 9.59. The van der Waals surface area contributed by atoms with E-state index in [1.54, 1.807) is 17.8 Å². The van der Waals surface area contributed by atoms with Crippen LogP contribution in [-0.2, 0) is 5.75 Å². The topological polar surface area (TPSA) is 33.4 Å². The molecule has 1 fully saturated rings. The molecule has 2 rings (SSSR count). The maximum Gasteiger partial charge on any atom is 0.193 e. The Morgan fingerprint density at radius 3 is 2.93 bits per heavy atom. The van der Waals surface area contributed by atoms with Gasteiger partial charge in [-0.1, -0.05) is 0 Å². The van der Waals surface area contributed by atoms with Crippen LogP contribution in [0.2, 0.25) is 5.22 Å². The number of hydrogen-bond acceptors (Lipinski definition) is 3. The van der Waals surface area contributed by atoms with Crippen molar-refractivity contribution in [2.75, 3.05) is 0 Å². The van der Waals surface area contributed by atoms with Gasteiger partial charge in [0.1, 0.15) is 5.76 Å². The molecule has 1 aromatic heterocycles. The van der Waals surface area contributed by atoms with E-state index in [-0.39, 0.29) is 6.10 Å². The van der Waals surface area contributed by atoms with Crippen molar-refractivity contribution in [2.45, 2.75) is 36.4 Å². The van der Waals surface area contributed by atoms with Crippen LogP contribution in [0.3, 0.4) is 0 Å². The summed E-state index contributed by atoms with van der Waals surface area (Å²) in [5.74, 6) is 1.69. The van der Waals surface area contributed by atoms with Gasteiger partial charge in [0.25, 0.3) is 0 Å². The molecule has 0 bridgehead atoms. The minimum absolute atomic E-state index is 0.134. The summed E-state index contributed by atoms with van der Waals surface area (Å²) in [5, 5.41) is 10.4. The number of rotatable bonds is 3. The maximum absolute atomic E-state index is 9.59. The monoisotopic (exact) mass is 232 g/mol. The molecule has 1 aromatic rings. The molecule has 1 aliphatic carbocycles. The van der Waals surface area contributed by atoms with E-state index in [0.717, 1.165) is 30.8 Å². The Kier molecular flexibility index (Phi) is 3.42. The van der Waals surface area contributed by atoms with Crippen molar-refractivity contribution in [3.8, 4) is 0 Å². The Morgan fingerprint density at radius 1 is 1.50 bits per heavy atom. The summed E-state index contributed by atoms with van der Waals surface area (Å²) < 4.78 is 5.24. The van der Waals surface area contributed by atoms with Crippen LogP contribution in [0.1, 0.15) is 25.0 Å². The van der Waals surface area contributed by atoms with Gasteiger partial charge < -0.3 is 9.52 Å². The second-order valence-corrected chi connectivity index (χ2v) is 5.15. The Morgan fingerprint density at radius 2 is 2.36 bits per heavy atom. The van der Waals surface area contributed by atoms with Gasteiger partial charge in [-0.25, -0.2) is 0 Å². The molecular formula is C10H13ClO2S. The van der Waals surface area contributed by atoms with Crippen LogP contribution < -0.4 is 0 Å². The summed E-state index contributed by atoms with van der Waals surface area (Å²) in [7, 11) is 0. The summed E-state index contributed by atoms with van der Waals surface area (Å²) in [6.07, 6.45) is 3.06. The van der Waals surface area contributed by atoms with Crippen molar-refractivity contribution in [3.05, 3.63) is 23.1 Å². The molecule has 14 heavy (non-hydrogen) atoms. The minimum atomic E-state index is -0.134. The molecule has 78 valence electrons. The van der Waals surface area contributed by atoms with Gasteiger partial charge in [0.05, 0.1) is 11.9 Å². The Balaban J connectivity index is 1.82. The lowest BCUT2D eigenvalue weighted by atomic mass is 10.3. The molecule has 0 aromatic carbocycles. The highest BCUT2D eigenvalue weighted by Gasteiger charge is 2.25. The molecular weight excluding hydrogens is 220 g/mol. The average Bonchev–Trinajstić information content (AvgIpc) is 2.72. The molecule has 0 aliphatic heterocycles. The molecule has 2 unspecified atom stereocenters. The van der Waals surface area contributed by atoms with Crippen LogP contribution >= 0.6 is 23.4 Å². The van der Waals surface area contributed by atoms with E-state index in [1.165, 1.54) is 0 Å². The number of hydrogen-bond donors (Lipinski definition) is 1. The number of halogens is 1. The number of aliphatic hydroxyl groups excluding tert-OH is 1. The van der Waals surface area contributed by atoms with Crippen LogP contribution in [-0.4, -0.2) is 16.5 Å². The molecule has 1 saturated carbocycles. The fraction of sp³-hybridized carbons (Fsp3) is 0.600. The second kappa shape index (κ2) is 4.60. The van der Waals surface area contributed by atoms with E-state index in [1.807, 2.05) is 6.07 Å². The van der Waals surface area contributed by atoms with Crippen LogP contribution in [0.15, 0.2) is 16.5 Å². The van der Waals surface area contributed by atoms with Gasteiger partial charge in [-0.3, -0.25) is 0 Å². The predicted octanol–water partition coefficient (Wildman–Crippen LogP) is 3.08. The third-order valence-electron chi connectivity index (χ3n) is 2.49. The van der Waals surface area contributed by atoms with Crippen LogP contribution in [0.5, 0.6) is 0 Å². The van der Waals surface area contributed by atoms with E-state index >= 15 is 0 Å². The van der Waals surface area contributed by atoms with E-state index in [4.69, 9.17) is 16.0 Å². The van der Waals surface area contributed by atoms with Gasteiger partial charge in [-0.2, -0.15) is 0 Å². The van der Waals surface area contributed by atoms with Crippen molar-refractivity contribution in [1.29, 1.82) is 0 Å². The van der Waals surface area contributed by atoms with Crippen molar-refractivity contribution >= 4 is 23.4 Å². The highest BCUT2D eigenvalue weighted by atomic mass is 35.5. The summed E-state index contributed by atoms with van der Waals surface area (Å²) in [6.45, 7) is 0. The molecule has 2 nitrogen and oxygen atoms in total. The normalized spacial score (nSPS) is 27.0. The quantitative estimate of drug-likeness (QED) is 0.870. The molecule has 0 saturated heterocycles. The van der Waals surface area contributed by atoms with Crippen molar-refractivity contribution in [2.24, 2.45) is 0 Å². The zero-order valence-corrected chi connectivity index (χ0v) is 9.35. The first-order chi connectivity index (χ1) is 6.75. The summed E-state index contributed by atoms with van der Waals surface area (Å²) >= 11 is 7.42. The third-order valence-corrected chi connectivity index (χ3v) is 4.12. The van der Waals surface area contributed by atoms with Crippen LogP contribution in [0, 0.1) is 0 Å². The molecule has 1 aliphatic rings. The SMILES string of the molecule is OC1CCCC1SCc1ccc(Cl)o1. The van der Waals surface area contributed by atoms with Crippen LogP contribution in [0.4, 0.5) is 0 Å². The van der Waals surface area contributed by atoms with Crippen molar-refractivity contribution in [3.63, 3.8) is 0 Å². The van der Waals surface area contributed by atoms with Gasteiger partial charge in [-0.05, 0) is 43.0 Å². The number of aliphatic hydroxyl groups is 1. The average molecular weight is 233 g/mol. The first-order valence-electron chi connectivity index (χ1n) is 4.79. The lowest BCUT2D eigenvalue weighted by Gasteiger charge is -2.12. The standard InChI is InChI=1S/C10H13ClO2S/c11-10-5-4-7(13-10)6-14-9-3-1-2-8(9)12/h4-5,8-9,12H,1-3,6H2. The number of furan rings is 1. The summed E-state index contributed by atoms with van der Waals surface area (Å²) in [4.78, 5) is 0. The molecule has 0 radical (unpaired) electrons. The zero-order chi connectivity index (χ0) is 9.97. The lowest BCUT2D eigenvalue weighted by Crippen LogP contribution is -2.15. The fourth-order valence-corrected chi connectivity index (χ4v) is 3.11. The van der Waals surface area contributed by atoms with Gasteiger partial charge in [-0.15, -0.1) is 11.8 Å². The third kappa shape index (κ3) is 2.47. The first kappa shape index (κ1) is 10.4. The van der Waals surface area contributed by atoms with Crippen LogP contribution in [0.25, 0.3) is 0 Å². The summed E-state index contributed by atoms with van der Waals surface area (Å²) in [6, 6.07) is 3.64. The fourth-order valence-electron chi connectivity index (χ4n) is 1.72. The summed E-state index contributed by atoms with van der Waals surface area (Å²) in [5.41, 5.74) is 0. The highest BCUT2D eigenvalue weighted by molar-refractivity contribution is 7.99. The lowest BCUT2D eigenvalue weighted by molar-refractivity contribution is 0.188. The Labute approximate surface area is 92.6 Å². The first-order valence-corrected chi connectivity index (χ1v) is 6.22. The van der Waals surface area contributed by atoms with E-state index in [0.29, 0.717) is 10.5 Å². The van der Waals surface area contributed by atoms with Crippen molar-refractivity contribution in [1.82, 2.24) is 0 Å². The minimum Gasteiger partial charge on any atom is -0.449 e. The number of thioether (sulfide) groups is 1. The van der Waals surface area contributed by atoms with E-state index in [9.17, 15) is 5.11 Å². The zero-order valence-electron chi connectivity index (χ0n) is 7.78. The smallest absolute Gasteiger partial charge is 0.193 e. The molecule has 0 amide bonds. The van der Waals surface area contributed by atoms with Gasteiger partial charge in [0.15, 0.2) is 5.22 Å². The Bertz CT molecular complexity index is 300. The van der Waals surface area contributed by atoms with E-state index in [2.05, 4.69) is 0 Å². The van der Waals surface area contributed by atoms with Gasteiger partial charge in [0.2, 0.25) is 0 Å². The van der Waals surface area contributed by atoms with E-state index < -0.39 is 0 Å². The molecule has 1 heterocycles. The largest absolute Gasteiger partial charge is 0.449 e. The second-order valence-electron chi connectivity index (χ2n) is 3.55. The molecule has 1 N–H and O–H groups in total. The highest BCUT2D eigenvalue weighted by Crippen LogP contribution is 2.32. The molecule has 0 spiro atoms.